The molecular formula is C12H24N2O. The van der Waals surface area contributed by atoms with E-state index in [9.17, 15) is 0 Å². The Kier molecular flexibility index (Phi) is 4.42. The summed E-state index contributed by atoms with van der Waals surface area (Å²) in [4.78, 5) is 2.58. The highest BCUT2D eigenvalue weighted by atomic mass is 16.5. The summed E-state index contributed by atoms with van der Waals surface area (Å²) in [5, 5.41) is 3.43. The number of hydrogen-bond donors (Lipinski definition) is 1. The summed E-state index contributed by atoms with van der Waals surface area (Å²) >= 11 is 0. The Morgan fingerprint density at radius 3 is 2.47 bits per heavy atom. The van der Waals surface area contributed by atoms with E-state index in [2.05, 4.69) is 17.3 Å². The second kappa shape index (κ2) is 5.83. The molecule has 2 rings (SSSR count). The minimum Gasteiger partial charge on any atom is -0.381 e. The molecule has 15 heavy (non-hydrogen) atoms. The van der Waals surface area contributed by atoms with E-state index < -0.39 is 0 Å². The van der Waals surface area contributed by atoms with E-state index in [4.69, 9.17) is 4.74 Å². The first-order valence-electron chi connectivity index (χ1n) is 6.35. The van der Waals surface area contributed by atoms with Gasteiger partial charge in [-0.1, -0.05) is 0 Å². The maximum atomic E-state index is 5.40. The molecule has 0 aromatic heterocycles. The summed E-state index contributed by atoms with van der Waals surface area (Å²) in [6.45, 7) is 5.62. The fourth-order valence-electron chi connectivity index (χ4n) is 2.73. The molecule has 0 radical (unpaired) electrons. The summed E-state index contributed by atoms with van der Waals surface area (Å²) in [6, 6.07) is 0.814. The van der Waals surface area contributed by atoms with Crippen molar-refractivity contribution in [2.24, 2.45) is 5.92 Å². The molecular weight excluding hydrogens is 188 g/mol. The molecule has 3 nitrogen and oxygen atoms in total. The molecule has 0 aliphatic carbocycles. The molecule has 2 aliphatic rings. The lowest BCUT2D eigenvalue weighted by atomic mass is 9.97. The summed E-state index contributed by atoms with van der Waals surface area (Å²) in [6.07, 6.45) is 5.16. The zero-order valence-electron chi connectivity index (χ0n) is 9.87. The highest BCUT2D eigenvalue weighted by Crippen LogP contribution is 2.18. The summed E-state index contributed by atoms with van der Waals surface area (Å²) in [5.74, 6) is 0.874. The van der Waals surface area contributed by atoms with Crippen LogP contribution in [0.2, 0.25) is 0 Å². The third kappa shape index (κ3) is 3.44. The second-order valence-electron chi connectivity index (χ2n) is 4.98. The van der Waals surface area contributed by atoms with Crippen LogP contribution in [0.3, 0.4) is 0 Å². The first kappa shape index (κ1) is 11.4. The fourth-order valence-corrected chi connectivity index (χ4v) is 2.73. The van der Waals surface area contributed by atoms with Crippen LogP contribution in [-0.2, 0) is 4.74 Å². The molecule has 88 valence electrons. The molecule has 0 atom stereocenters. The summed E-state index contributed by atoms with van der Waals surface area (Å²) in [5.41, 5.74) is 0. The maximum Gasteiger partial charge on any atom is 0.0469 e. The normalized spacial score (nSPS) is 26.0. The highest BCUT2D eigenvalue weighted by Gasteiger charge is 2.21. The van der Waals surface area contributed by atoms with Crippen LogP contribution in [0, 0.1) is 5.92 Å². The SMILES string of the molecule is CN(CC1CCOCC1)C1CCNCC1. The molecule has 0 amide bonds. The molecule has 0 aromatic rings. The van der Waals surface area contributed by atoms with E-state index >= 15 is 0 Å². The van der Waals surface area contributed by atoms with Crippen LogP contribution in [0.4, 0.5) is 0 Å². The highest BCUT2D eigenvalue weighted by molar-refractivity contribution is 4.78. The maximum absolute atomic E-state index is 5.40. The topological polar surface area (TPSA) is 24.5 Å². The molecule has 2 heterocycles. The second-order valence-corrected chi connectivity index (χ2v) is 4.98. The lowest BCUT2D eigenvalue weighted by Gasteiger charge is -2.35. The molecule has 3 heteroatoms. The van der Waals surface area contributed by atoms with Gasteiger partial charge in [-0.2, -0.15) is 0 Å². The quantitative estimate of drug-likeness (QED) is 0.758. The van der Waals surface area contributed by atoms with Gasteiger partial charge in [0.2, 0.25) is 0 Å². The molecule has 2 fully saturated rings. The average molecular weight is 212 g/mol. The van der Waals surface area contributed by atoms with Gasteiger partial charge in [-0.15, -0.1) is 0 Å². The van der Waals surface area contributed by atoms with E-state index in [0.29, 0.717) is 0 Å². The summed E-state index contributed by atoms with van der Waals surface area (Å²) in [7, 11) is 2.30. The predicted molar refractivity (Wildman–Crippen MR) is 62.1 cm³/mol. The van der Waals surface area contributed by atoms with Crippen LogP contribution in [0.1, 0.15) is 25.7 Å². The first-order valence-corrected chi connectivity index (χ1v) is 6.35. The molecule has 0 unspecified atom stereocenters. The van der Waals surface area contributed by atoms with Crippen LogP contribution in [0.25, 0.3) is 0 Å². The Hall–Kier alpha value is -0.120. The van der Waals surface area contributed by atoms with Gasteiger partial charge in [0.25, 0.3) is 0 Å². The van der Waals surface area contributed by atoms with E-state index in [0.717, 1.165) is 25.2 Å². The molecule has 0 spiro atoms. The van der Waals surface area contributed by atoms with Crippen molar-refractivity contribution in [1.82, 2.24) is 10.2 Å². The fraction of sp³-hybridized carbons (Fsp3) is 1.00. The molecule has 2 saturated heterocycles. The number of rotatable bonds is 3. The van der Waals surface area contributed by atoms with Crippen molar-refractivity contribution in [3.8, 4) is 0 Å². The zero-order chi connectivity index (χ0) is 10.5. The van der Waals surface area contributed by atoms with Crippen molar-refractivity contribution in [3.05, 3.63) is 0 Å². The zero-order valence-corrected chi connectivity index (χ0v) is 9.87. The van der Waals surface area contributed by atoms with Crippen LogP contribution in [-0.4, -0.2) is 50.8 Å². The minimum atomic E-state index is 0.814. The van der Waals surface area contributed by atoms with E-state index in [1.165, 1.54) is 45.3 Å². The molecule has 0 bridgehead atoms. The molecule has 2 aliphatic heterocycles. The van der Waals surface area contributed by atoms with Gasteiger partial charge in [-0.3, -0.25) is 0 Å². The van der Waals surface area contributed by atoms with Crippen LogP contribution in [0.5, 0.6) is 0 Å². The van der Waals surface area contributed by atoms with E-state index in [-0.39, 0.29) is 0 Å². The molecule has 0 saturated carbocycles. The third-order valence-corrected chi connectivity index (χ3v) is 3.82. The Labute approximate surface area is 93.2 Å². The van der Waals surface area contributed by atoms with Gasteiger partial charge < -0.3 is 15.0 Å². The summed E-state index contributed by atoms with van der Waals surface area (Å²) < 4.78 is 5.40. The van der Waals surface area contributed by atoms with Gasteiger partial charge >= 0.3 is 0 Å². The smallest absolute Gasteiger partial charge is 0.0469 e. The number of nitrogens with one attached hydrogen (secondary N) is 1. The lowest BCUT2D eigenvalue weighted by molar-refractivity contribution is 0.0479. The number of ether oxygens (including phenoxy) is 1. The van der Waals surface area contributed by atoms with Crippen molar-refractivity contribution < 1.29 is 4.74 Å². The average Bonchev–Trinajstić information content (AvgIpc) is 2.31. The van der Waals surface area contributed by atoms with Crippen LogP contribution in [0.15, 0.2) is 0 Å². The van der Waals surface area contributed by atoms with Crippen molar-refractivity contribution in [2.45, 2.75) is 31.7 Å². The minimum absolute atomic E-state index is 0.814. The Balaban J connectivity index is 1.72. The molecule has 0 aromatic carbocycles. The molecule has 1 N–H and O–H groups in total. The number of piperidine rings is 1. The van der Waals surface area contributed by atoms with Crippen molar-refractivity contribution >= 4 is 0 Å². The van der Waals surface area contributed by atoms with Gasteiger partial charge in [0.15, 0.2) is 0 Å². The van der Waals surface area contributed by atoms with Gasteiger partial charge in [-0.05, 0) is 51.7 Å². The Morgan fingerprint density at radius 1 is 1.13 bits per heavy atom. The Morgan fingerprint density at radius 2 is 1.80 bits per heavy atom. The third-order valence-electron chi connectivity index (χ3n) is 3.82. The Bertz CT molecular complexity index is 174. The largest absolute Gasteiger partial charge is 0.381 e. The number of nitrogens with zero attached hydrogens (tertiary/aromatic N) is 1. The monoisotopic (exact) mass is 212 g/mol. The van der Waals surface area contributed by atoms with Gasteiger partial charge in [0.1, 0.15) is 0 Å². The predicted octanol–water partition coefficient (Wildman–Crippen LogP) is 1.10. The van der Waals surface area contributed by atoms with Crippen LogP contribution < -0.4 is 5.32 Å². The van der Waals surface area contributed by atoms with E-state index in [1.807, 2.05) is 0 Å². The van der Waals surface area contributed by atoms with Crippen molar-refractivity contribution in [3.63, 3.8) is 0 Å². The lowest BCUT2D eigenvalue weighted by Crippen LogP contribution is -2.43. The van der Waals surface area contributed by atoms with Gasteiger partial charge in [0, 0.05) is 25.8 Å². The first-order chi connectivity index (χ1) is 7.36. The van der Waals surface area contributed by atoms with Gasteiger partial charge in [-0.25, -0.2) is 0 Å². The standard InChI is InChI=1S/C12H24N2O/c1-14(12-2-6-13-7-3-12)10-11-4-8-15-9-5-11/h11-13H,2-10H2,1H3. The van der Waals surface area contributed by atoms with Gasteiger partial charge in [0.05, 0.1) is 0 Å². The number of hydrogen-bond acceptors (Lipinski definition) is 3. The van der Waals surface area contributed by atoms with Crippen molar-refractivity contribution in [2.75, 3.05) is 39.9 Å². The van der Waals surface area contributed by atoms with E-state index in [1.54, 1.807) is 0 Å². The van der Waals surface area contributed by atoms with Crippen LogP contribution >= 0.6 is 0 Å². The van der Waals surface area contributed by atoms with Crippen molar-refractivity contribution in [1.29, 1.82) is 0 Å².